The summed E-state index contributed by atoms with van der Waals surface area (Å²) in [6.07, 6.45) is 0.0285. The number of amides is 2. The van der Waals surface area contributed by atoms with E-state index in [0.29, 0.717) is 6.54 Å². The van der Waals surface area contributed by atoms with Gasteiger partial charge in [-0.1, -0.05) is 103 Å². The molecule has 51 heavy (non-hydrogen) atoms. The summed E-state index contributed by atoms with van der Waals surface area (Å²) in [5.74, 6) is -0.478. The topological polar surface area (TPSA) is 113 Å². The lowest BCUT2D eigenvalue weighted by Gasteiger charge is -2.40. The third-order valence-corrected chi connectivity index (χ3v) is 9.44. The molecule has 0 aliphatic carbocycles. The Morgan fingerprint density at radius 1 is 0.784 bits per heavy atom. The first-order valence-corrected chi connectivity index (χ1v) is 17.8. The van der Waals surface area contributed by atoms with Crippen molar-refractivity contribution in [2.24, 2.45) is 0 Å². The number of benzene rings is 4. The molecule has 0 unspecified atom stereocenters. The number of carbonyl (C=O) groups excluding carboxylic acids is 2. The van der Waals surface area contributed by atoms with Gasteiger partial charge in [-0.3, -0.25) is 14.6 Å². The van der Waals surface area contributed by atoms with Crippen molar-refractivity contribution in [3.63, 3.8) is 0 Å². The molecule has 0 aromatic heterocycles. The van der Waals surface area contributed by atoms with Gasteiger partial charge >= 0.3 is 12.0 Å². The molecule has 2 fully saturated rings. The SMILES string of the molecule is CCOC(=O)CNC(=O)NCc1ccccc1-c1ccc([C@H]2O[C@@H](CN3CCN(Cc4ccccc4)CC3)C[C@@H](c3ccc(CO)cc3)O2)cc1. The van der Waals surface area contributed by atoms with Gasteiger partial charge in [-0.05, 0) is 40.3 Å². The summed E-state index contributed by atoms with van der Waals surface area (Å²) in [6.45, 7) is 7.92. The predicted octanol–water partition coefficient (Wildman–Crippen LogP) is 5.57. The van der Waals surface area contributed by atoms with Crippen LogP contribution in [0.1, 0.15) is 53.6 Å². The lowest BCUT2D eigenvalue weighted by molar-refractivity contribution is -0.253. The maximum atomic E-state index is 12.3. The zero-order chi connectivity index (χ0) is 35.4. The van der Waals surface area contributed by atoms with Gasteiger partial charge in [0, 0.05) is 57.8 Å². The average molecular weight is 693 g/mol. The molecule has 6 rings (SSSR count). The lowest BCUT2D eigenvalue weighted by Crippen LogP contribution is -2.49. The fourth-order valence-electron chi connectivity index (χ4n) is 6.67. The number of hydrogen-bond acceptors (Lipinski definition) is 8. The Kier molecular flexibility index (Phi) is 12.8. The molecule has 3 atom stereocenters. The van der Waals surface area contributed by atoms with Crippen molar-refractivity contribution in [3.8, 4) is 11.1 Å². The molecule has 2 amide bonds. The molecule has 10 heteroatoms. The molecule has 10 nitrogen and oxygen atoms in total. The molecule has 4 aromatic rings. The highest BCUT2D eigenvalue weighted by atomic mass is 16.7. The van der Waals surface area contributed by atoms with E-state index in [0.717, 1.165) is 79.1 Å². The quantitative estimate of drug-likeness (QED) is 0.156. The van der Waals surface area contributed by atoms with Crippen LogP contribution < -0.4 is 10.6 Å². The zero-order valence-electron chi connectivity index (χ0n) is 29.2. The van der Waals surface area contributed by atoms with Gasteiger partial charge in [-0.25, -0.2) is 4.79 Å². The van der Waals surface area contributed by atoms with Crippen LogP contribution in [0.25, 0.3) is 11.1 Å². The number of esters is 1. The van der Waals surface area contributed by atoms with Crippen molar-refractivity contribution in [2.75, 3.05) is 45.9 Å². The Morgan fingerprint density at radius 3 is 2.20 bits per heavy atom. The molecule has 4 aromatic carbocycles. The summed E-state index contributed by atoms with van der Waals surface area (Å²) in [5, 5.41) is 15.0. The fraction of sp³-hybridized carbons (Fsp3) is 0.366. The minimum atomic E-state index is -0.542. The van der Waals surface area contributed by atoms with Gasteiger partial charge in [0.2, 0.25) is 0 Å². The first-order valence-electron chi connectivity index (χ1n) is 17.8. The second kappa shape index (κ2) is 18.1. The van der Waals surface area contributed by atoms with E-state index < -0.39 is 18.3 Å². The van der Waals surface area contributed by atoms with Gasteiger partial charge in [0.15, 0.2) is 6.29 Å². The van der Waals surface area contributed by atoms with Gasteiger partial charge < -0.3 is 30.0 Å². The molecule has 3 N–H and O–H groups in total. The van der Waals surface area contributed by atoms with Crippen LogP contribution in [-0.2, 0) is 38.7 Å². The van der Waals surface area contributed by atoms with Crippen molar-refractivity contribution >= 4 is 12.0 Å². The number of aliphatic hydroxyl groups excluding tert-OH is 1. The summed E-state index contributed by atoms with van der Waals surface area (Å²) in [5.41, 5.74) is 7.15. The average Bonchev–Trinajstić information content (AvgIpc) is 3.17. The van der Waals surface area contributed by atoms with Crippen molar-refractivity contribution in [2.45, 2.75) is 51.5 Å². The third kappa shape index (κ3) is 10.2. The van der Waals surface area contributed by atoms with Crippen LogP contribution in [0.2, 0.25) is 0 Å². The third-order valence-electron chi connectivity index (χ3n) is 9.44. The number of carbonyl (C=O) groups is 2. The summed E-state index contributed by atoms with van der Waals surface area (Å²) >= 11 is 0. The van der Waals surface area contributed by atoms with Gasteiger partial charge in [0.1, 0.15) is 6.54 Å². The second-order valence-corrected chi connectivity index (χ2v) is 13.0. The minimum Gasteiger partial charge on any atom is -0.465 e. The summed E-state index contributed by atoms with van der Waals surface area (Å²) in [7, 11) is 0. The summed E-state index contributed by atoms with van der Waals surface area (Å²) in [6, 6.07) is 34.3. The van der Waals surface area contributed by atoms with Gasteiger partial charge in [-0.15, -0.1) is 0 Å². The smallest absolute Gasteiger partial charge is 0.325 e. The lowest BCUT2D eigenvalue weighted by atomic mass is 9.97. The normalized spacial score (nSPS) is 19.7. The summed E-state index contributed by atoms with van der Waals surface area (Å²) in [4.78, 5) is 28.9. The van der Waals surface area contributed by atoms with E-state index in [1.165, 1.54) is 5.56 Å². The molecule has 268 valence electrons. The van der Waals surface area contributed by atoms with Gasteiger partial charge in [0.05, 0.1) is 25.4 Å². The Bertz CT molecular complexity index is 1690. The number of nitrogens with one attached hydrogen (secondary N) is 2. The van der Waals surface area contributed by atoms with Crippen LogP contribution in [0.15, 0.2) is 103 Å². The van der Waals surface area contributed by atoms with Crippen molar-refractivity contribution in [3.05, 3.63) is 131 Å². The molecule has 0 spiro atoms. The predicted molar refractivity (Wildman–Crippen MR) is 195 cm³/mol. The van der Waals surface area contributed by atoms with E-state index in [4.69, 9.17) is 14.2 Å². The standard InChI is InChI=1S/C41H48N4O6/c1-2-49-39(47)26-43-41(48)42-25-35-10-6-7-11-37(35)32-16-18-34(19-17-32)40-50-36(24-38(51-40)33-14-12-31(29-46)13-15-33)28-45-22-20-44(21-23-45)27-30-8-4-3-5-9-30/h3-19,36,38,40,46H,2,20-29H2,1H3,(H2,42,43,48)/t36-,38+,40+/m1/s1. The fourth-order valence-corrected chi connectivity index (χ4v) is 6.67. The van der Waals surface area contributed by atoms with E-state index in [1.807, 2.05) is 60.7 Å². The van der Waals surface area contributed by atoms with E-state index in [2.05, 4.69) is 62.9 Å². The maximum absolute atomic E-state index is 12.3. The molecule has 0 radical (unpaired) electrons. The Hall–Kier alpha value is -4.58. The molecule has 2 aliphatic rings. The Labute approximate surface area is 300 Å². The maximum Gasteiger partial charge on any atom is 0.325 e. The van der Waals surface area contributed by atoms with Gasteiger partial charge in [0.25, 0.3) is 0 Å². The molecular weight excluding hydrogens is 644 g/mol. The van der Waals surface area contributed by atoms with Crippen LogP contribution in [0.3, 0.4) is 0 Å². The Morgan fingerprint density at radius 2 is 1.47 bits per heavy atom. The van der Waals surface area contributed by atoms with E-state index in [9.17, 15) is 14.7 Å². The van der Waals surface area contributed by atoms with Gasteiger partial charge in [-0.2, -0.15) is 0 Å². The highest BCUT2D eigenvalue weighted by Crippen LogP contribution is 2.39. The number of nitrogens with zero attached hydrogens (tertiary/aromatic N) is 2. The second-order valence-electron chi connectivity index (χ2n) is 13.0. The van der Waals surface area contributed by atoms with Crippen LogP contribution in [0.5, 0.6) is 0 Å². The number of aliphatic hydroxyl groups is 1. The first kappa shape index (κ1) is 36.2. The zero-order valence-corrected chi connectivity index (χ0v) is 29.2. The number of urea groups is 1. The number of ether oxygens (including phenoxy) is 3. The number of piperazine rings is 1. The molecule has 2 saturated heterocycles. The van der Waals surface area contributed by atoms with Crippen LogP contribution >= 0.6 is 0 Å². The van der Waals surface area contributed by atoms with Crippen molar-refractivity contribution < 1.29 is 28.9 Å². The largest absolute Gasteiger partial charge is 0.465 e. The van der Waals surface area contributed by atoms with Crippen LogP contribution in [0, 0.1) is 0 Å². The minimum absolute atomic E-state index is 0.00460. The van der Waals surface area contributed by atoms with E-state index >= 15 is 0 Å². The molecule has 2 aliphatic heterocycles. The molecule has 2 heterocycles. The van der Waals surface area contributed by atoms with E-state index in [-0.39, 0.29) is 32.0 Å². The monoisotopic (exact) mass is 692 g/mol. The van der Waals surface area contributed by atoms with Crippen LogP contribution in [0.4, 0.5) is 4.79 Å². The molecule has 0 saturated carbocycles. The number of hydrogen-bond donors (Lipinski definition) is 3. The number of rotatable bonds is 13. The van der Waals surface area contributed by atoms with Crippen molar-refractivity contribution in [1.82, 2.24) is 20.4 Å². The van der Waals surface area contributed by atoms with Crippen LogP contribution in [-0.4, -0.2) is 78.9 Å². The molecule has 0 bridgehead atoms. The highest BCUT2D eigenvalue weighted by Gasteiger charge is 2.34. The Balaban J connectivity index is 1.11. The molecular formula is C41H48N4O6. The van der Waals surface area contributed by atoms with E-state index in [1.54, 1.807) is 6.92 Å². The summed E-state index contributed by atoms with van der Waals surface area (Å²) < 4.78 is 18.2. The van der Waals surface area contributed by atoms with Crippen molar-refractivity contribution in [1.29, 1.82) is 0 Å². The first-order chi connectivity index (χ1) is 25.0. The highest BCUT2D eigenvalue weighted by molar-refractivity contribution is 5.81.